The maximum Gasteiger partial charge on any atom is 0.326 e. The van der Waals surface area contributed by atoms with Gasteiger partial charge in [-0.15, -0.1) is 0 Å². The first-order chi connectivity index (χ1) is 9.46. The van der Waals surface area contributed by atoms with Crippen LogP contribution >= 0.6 is 0 Å². The standard InChI is InChI=1S/C12H19N3O5/c1-3-10(20-4-2)11(17)15-9(12(18)19)6-5-8(16)7-14-13/h7,9-10H,3-6H2,1-2H3,(H,15,17)(H,18,19)/t9-,10-/m0/s1. The summed E-state index contributed by atoms with van der Waals surface area (Å²) in [4.78, 5) is 36.5. The molecule has 0 rings (SSSR count). The molecule has 0 saturated carbocycles. The van der Waals surface area contributed by atoms with Gasteiger partial charge in [-0.05, 0) is 19.8 Å². The van der Waals surface area contributed by atoms with Gasteiger partial charge in [-0.2, -0.15) is 4.79 Å². The topological polar surface area (TPSA) is 129 Å². The van der Waals surface area contributed by atoms with E-state index in [2.05, 4.69) is 10.1 Å². The predicted octanol–water partition coefficient (Wildman–Crippen LogP) is 0.0208. The smallest absolute Gasteiger partial charge is 0.326 e. The van der Waals surface area contributed by atoms with Crippen LogP contribution < -0.4 is 5.32 Å². The van der Waals surface area contributed by atoms with Crippen molar-refractivity contribution in [2.75, 3.05) is 6.61 Å². The zero-order valence-electron chi connectivity index (χ0n) is 11.5. The van der Waals surface area contributed by atoms with Gasteiger partial charge in [-0.25, -0.2) is 4.79 Å². The lowest BCUT2D eigenvalue weighted by atomic mass is 10.1. The normalized spacial score (nSPS) is 12.9. The zero-order valence-corrected chi connectivity index (χ0v) is 11.5. The molecule has 0 unspecified atom stereocenters. The highest BCUT2D eigenvalue weighted by Crippen LogP contribution is 2.03. The van der Waals surface area contributed by atoms with E-state index in [4.69, 9.17) is 15.4 Å². The molecule has 20 heavy (non-hydrogen) atoms. The summed E-state index contributed by atoms with van der Waals surface area (Å²) < 4.78 is 5.17. The highest BCUT2D eigenvalue weighted by Gasteiger charge is 2.25. The van der Waals surface area contributed by atoms with Gasteiger partial charge in [-0.1, -0.05) is 6.92 Å². The van der Waals surface area contributed by atoms with Crippen molar-refractivity contribution in [1.29, 1.82) is 0 Å². The Hall–Kier alpha value is -2.05. The average Bonchev–Trinajstić information content (AvgIpc) is 2.40. The molecule has 2 atom stereocenters. The Balaban J connectivity index is 4.53. The first-order valence-corrected chi connectivity index (χ1v) is 6.31. The summed E-state index contributed by atoms with van der Waals surface area (Å²) in [5.41, 5.74) is 8.17. The Kier molecular flexibility index (Phi) is 8.82. The summed E-state index contributed by atoms with van der Waals surface area (Å²) in [6.45, 7) is 3.82. The first kappa shape index (κ1) is 17.9. The molecule has 1 amide bonds. The number of rotatable bonds is 10. The van der Waals surface area contributed by atoms with E-state index < -0.39 is 29.8 Å². The molecule has 0 aliphatic heterocycles. The molecule has 8 nitrogen and oxygen atoms in total. The third kappa shape index (κ3) is 6.77. The van der Waals surface area contributed by atoms with Crippen molar-refractivity contribution >= 4 is 23.9 Å². The summed E-state index contributed by atoms with van der Waals surface area (Å²) in [6.07, 6.45) is 0.163. The average molecular weight is 285 g/mol. The summed E-state index contributed by atoms with van der Waals surface area (Å²) in [5.74, 6) is -2.28. The number of carboxylic acid groups (broad SMARTS) is 1. The largest absolute Gasteiger partial charge is 0.480 e. The van der Waals surface area contributed by atoms with Gasteiger partial charge in [-0.3, -0.25) is 9.59 Å². The van der Waals surface area contributed by atoms with Crippen LogP contribution in [0.15, 0.2) is 0 Å². The molecule has 0 heterocycles. The van der Waals surface area contributed by atoms with Crippen LogP contribution in [-0.4, -0.2) is 52.5 Å². The van der Waals surface area contributed by atoms with Crippen molar-refractivity contribution in [2.45, 2.75) is 45.3 Å². The molecular weight excluding hydrogens is 266 g/mol. The van der Waals surface area contributed by atoms with Gasteiger partial charge in [0.05, 0.1) is 0 Å². The van der Waals surface area contributed by atoms with Crippen molar-refractivity contribution in [3.8, 4) is 0 Å². The Morgan fingerprint density at radius 1 is 1.40 bits per heavy atom. The number of nitrogens with one attached hydrogen (secondary N) is 1. The number of nitrogens with zero attached hydrogens (tertiary/aromatic N) is 2. The number of carbonyl (C=O) groups is 3. The fourth-order valence-corrected chi connectivity index (χ4v) is 1.52. The number of hydrogen-bond acceptors (Lipinski definition) is 4. The van der Waals surface area contributed by atoms with Crippen molar-refractivity contribution in [3.63, 3.8) is 0 Å². The lowest BCUT2D eigenvalue weighted by Gasteiger charge is -2.18. The molecule has 0 bridgehead atoms. The Morgan fingerprint density at radius 3 is 2.50 bits per heavy atom. The summed E-state index contributed by atoms with van der Waals surface area (Å²) in [7, 11) is 0. The van der Waals surface area contributed by atoms with Gasteiger partial charge in [0.25, 0.3) is 0 Å². The van der Waals surface area contributed by atoms with Crippen molar-refractivity contribution in [3.05, 3.63) is 5.53 Å². The maximum absolute atomic E-state index is 11.8. The van der Waals surface area contributed by atoms with Gasteiger partial charge in [0, 0.05) is 13.0 Å². The quantitative estimate of drug-likeness (QED) is 0.332. The Bertz CT molecular complexity index is 404. The third-order valence-corrected chi connectivity index (χ3v) is 2.53. The van der Waals surface area contributed by atoms with Crippen molar-refractivity contribution in [1.82, 2.24) is 5.32 Å². The molecule has 0 radical (unpaired) electrons. The molecule has 0 saturated heterocycles. The van der Waals surface area contributed by atoms with Crippen LogP contribution in [0.5, 0.6) is 0 Å². The number of Topliss-reactive ketones (excluding diaryl/α,β-unsaturated/α-hetero) is 1. The molecule has 8 heteroatoms. The van der Waals surface area contributed by atoms with Crippen molar-refractivity contribution in [2.24, 2.45) is 0 Å². The number of ketones is 1. The van der Waals surface area contributed by atoms with Gasteiger partial charge < -0.3 is 20.7 Å². The van der Waals surface area contributed by atoms with E-state index in [1.54, 1.807) is 13.8 Å². The SMILES string of the molecule is CCO[C@@H](CC)C(=O)N[C@@H](CCC(=O)C=[N+]=[N-])C(=O)O. The van der Waals surface area contributed by atoms with Crippen LogP contribution in [0.4, 0.5) is 0 Å². The van der Waals surface area contributed by atoms with Crippen LogP contribution in [0.25, 0.3) is 5.53 Å². The highest BCUT2D eigenvalue weighted by molar-refractivity contribution is 6.25. The Labute approximate surface area is 116 Å². The van der Waals surface area contributed by atoms with E-state index in [0.29, 0.717) is 19.2 Å². The monoisotopic (exact) mass is 285 g/mol. The lowest BCUT2D eigenvalue weighted by molar-refractivity contribution is -0.144. The lowest BCUT2D eigenvalue weighted by Crippen LogP contribution is -2.46. The number of amides is 1. The molecule has 0 aliphatic carbocycles. The molecule has 112 valence electrons. The number of ether oxygens (including phenoxy) is 1. The molecule has 0 aliphatic rings. The second kappa shape index (κ2) is 9.82. The van der Waals surface area contributed by atoms with Gasteiger partial charge in [0.1, 0.15) is 12.1 Å². The molecule has 2 N–H and O–H groups in total. The first-order valence-electron chi connectivity index (χ1n) is 6.31. The minimum Gasteiger partial charge on any atom is -0.480 e. The molecule has 0 fully saturated rings. The van der Waals surface area contributed by atoms with Crippen LogP contribution in [0.3, 0.4) is 0 Å². The van der Waals surface area contributed by atoms with E-state index in [1.807, 2.05) is 0 Å². The van der Waals surface area contributed by atoms with E-state index in [0.717, 1.165) is 0 Å². The van der Waals surface area contributed by atoms with Crippen LogP contribution in [0.2, 0.25) is 0 Å². The van der Waals surface area contributed by atoms with Gasteiger partial charge >= 0.3 is 12.2 Å². The molecule has 0 aromatic rings. The zero-order chi connectivity index (χ0) is 15.5. The van der Waals surface area contributed by atoms with Gasteiger partial charge in [0.15, 0.2) is 0 Å². The van der Waals surface area contributed by atoms with E-state index in [1.165, 1.54) is 0 Å². The second-order valence-electron chi connectivity index (χ2n) is 4.00. The fraction of sp³-hybridized carbons (Fsp3) is 0.667. The number of carbonyl (C=O) groups excluding carboxylic acids is 2. The van der Waals surface area contributed by atoms with Crippen LogP contribution in [0, 0.1) is 0 Å². The van der Waals surface area contributed by atoms with Crippen molar-refractivity contribution < 1.29 is 29.0 Å². The van der Waals surface area contributed by atoms with E-state index >= 15 is 0 Å². The minimum absolute atomic E-state index is 0.0888. The molecule has 0 spiro atoms. The third-order valence-electron chi connectivity index (χ3n) is 2.53. The van der Waals surface area contributed by atoms with E-state index in [-0.39, 0.29) is 12.8 Å². The van der Waals surface area contributed by atoms with E-state index in [9.17, 15) is 14.4 Å². The molecule has 0 aromatic heterocycles. The summed E-state index contributed by atoms with van der Waals surface area (Å²) in [6, 6.07) is -1.19. The van der Waals surface area contributed by atoms with Crippen LogP contribution in [-0.2, 0) is 19.1 Å². The summed E-state index contributed by atoms with van der Waals surface area (Å²) >= 11 is 0. The highest BCUT2D eigenvalue weighted by atomic mass is 16.5. The van der Waals surface area contributed by atoms with Gasteiger partial charge in [0.2, 0.25) is 11.7 Å². The number of aliphatic carboxylic acids is 1. The Morgan fingerprint density at radius 2 is 2.05 bits per heavy atom. The van der Waals surface area contributed by atoms with Crippen LogP contribution in [0.1, 0.15) is 33.1 Å². The molecular formula is C12H19N3O5. The minimum atomic E-state index is -1.24. The number of hydrogen-bond donors (Lipinski definition) is 2. The maximum atomic E-state index is 11.8. The summed E-state index contributed by atoms with van der Waals surface area (Å²) in [5, 5.41) is 11.3. The molecule has 0 aromatic carbocycles. The predicted molar refractivity (Wildman–Crippen MR) is 69.2 cm³/mol. The fourth-order valence-electron chi connectivity index (χ4n) is 1.52. The number of carboxylic acids is 1. The second-order valence-corrected chi connectivity index (χ2v) is 4.00.